The molecule has 1 aromatic heterocycles. The van der Waals surface area contributed by atoms with Crippen molar-refractivity contribution in [2.45, 2.75) is 43.4 Å². The van der Waals surface area contributed by atoms with Crippen LogP contribution in [-0.4, -0.2) is 71.0 Å². The van der Waals surface area contributed by atoms with Crippen LogP contribution in [0.3, 0.4) is 0 Å². The van der Waals surface area contributed by atoms with Crippen LogP contribution in [0.15, 0.2) is 30.3 Å². The second-order valence-corrected chi connectivity index (χ2v) is 8.56. The molecule has 0 unspecified atom stereocenters. The average Bonchev–Trinajstić information content (AvgIpc) is 2.77. The number of aliphatic hydroxyl groups is 1. The Labute approximate surface area is 195 Å². The Morgan fingerprint density at radius 2 is 1.56 bits per heavy atom. The molecule has 4 rings (SSSR count). The van der Waals surface area contributed by atoms with E-state index >= 15 is 0 Å². The number of hydrogen-bond acceptors (Lipinski definition) is 10. The molecular weight excluding hydrogens is 430 g/mol. The van der Waals surface area contributed by atoms with Crippen LogP contribution in [-0.2, 0) is 0 Å². The summed E-state index contributed by atoms with van der Waals surface area (Å²) >= 11 is 0. The molecule has 2 aliphatic heterocycles. The largest absolute Gasteiger partial charge is 0.394 e. The maximum atomic E-state index is 9.98. The number of hydrogen-bond donors (Lipinski definition) is 5. The van der Waals surface area contributed by atoms with Gasteiger partial charge in [0, 0.05) is 44.3 Å². The Kier molecular flexibility index (Phi) is 8.44. The average molecular weight is 464 g/mol. The molecule has 2 aliphatic rings. The number of halogens is 1. The van der Waals surface area contributed by atoms with E-state index in [2.05, 4.69) is 20.2 Å². The number of benzene rings is 1. The number of aliphatic hydroxyl groups excluding tert-OH is 1. The van der Waals surface area contributed by atoms with Crippen molar-refractivity contribution in [3.05, 3.63) is 35.9 Å². The summed E-state index contributed by atoms with van der Waals surface area (Å²) in [7, 11) is 0. The van der Waals surface area contributed by atoms with Gasteiger partial charge in [0.25, 0.3) is 0 Å². The standard InChI is InChI=1S/C21H33N9O.ClH/c22-15-7-4-8-29(10-15)20-26-19(25-18(13-31)14-5-2-1-3-6-14)27-21(28-20)30-11-16(23)9-17(24)12-30;/h1-3,5-6,15-18,31H,4,7-13,22-24H2,(H,25,26,27,28);1H/t15-,16-,17+,18+;/m0./s1. The zero-order chi connectivity index (χ0) is 21.8. The first-order valence-corrected chi connectivity index (χ1v) is 11.0. The first-order chi connectivity index (χ1) is 15.0. The van der Waals surface area contributed by atoms with Crippen LogP contribution in [0.1, 0.15) is 30.9 Å². The lowest BCUT2D eigenvalue weighted by molar-refractivity contribution is 0.276. The summed E-state index contributed by atoms with van der Waals surface area (Å²) < 4.78 is 0. The van der Waals surface area contributed by atoms with Crippen molar-refractivity contribution < 1.29 is 5.11 Å². The molecule has 10 nitrogen and oxygen atoms in total. The van der Waals surface area contributed by atoms with Crippen LogP contribution >= 0.6 is 12.4 Å². The molecule has 0 bridgehead atoms. The van der Waals surface area contributed by atoms with E-state index in [-0.39, 0.29) is 43.2 Å². The second-order valence-electron chi connectivity index (χ2n) is 8.56. The van der Waals surface area contributed by atoms with Gasteiger partial charge in [-0.1, -0.05) is 30.3 Å². The van der Waals surface area contributed by atoms with Gasteiger partial charge in [-0.2, -0.15) is 15.0 Å². The lowest BCUT2D eigenvalue weighted by atomic mass is 10.0. The SMILES string of the molecule is Cl.N[C@@H]1C[C@H](N)CN(c2nc(N[C@H](CO)c3ccccc3)nc(N3CCC[C@H](N)C3)n2)C1. The highest BCUT2D eigenvalue weighted by molar-refractivity contribution is 5.85. The summed E-state index contributed by atoms with van der Waals surface area (Å²) in [5.41, 5.74) is 19.5. The highest BCUT2D eigenvalue weighted by Crippen LogP contribution is 2.24. The molecule has 0 aliphatic carbocycles. The minimum atomic E-state index is -0.334. The fourth-order valence-electron chi connectivity index (χ4n) is 4.31. The van der Waals surface area contributed by atoms with Gasteiger partial charge in [-0.05, 0) is 24.8 Å². The zero-order valence-corrected chi connectivity index (χ0v) is 19.0. The summed E-state index contributed by atoms with van der Waals surface area (Å²) in [5, 5.41) is 13.3. The first-order valence-electron chi connectivity index (χ1n) is 11.0. The van der Waals surface area contributed by atoms with Gasteiger partial charge in [0.2, 0.25) is 17.8 Å². The fourth-order valence-corrected chi connectivity index (χ4v) is 4.31. The predicted molar refractivity (Wildman–Crippen MR) is 129 cm³/mol. The van der Waals surface area contributed by atoms with Crippen molar-refractivity contribution in [1.29, 1.82) is 0 Å². The molecule has 176 valence electrons. The molecule has 2 saturated heterocycles. The van der Waals surface area contributed by atoms with Crippen molar-refractivity contribution in [2.75, 3.05) is 47.9 Å². The maximum Gasteiger partial charge on any atom is 0.232 e. The number of rotatable bonds is 6. The number of anilines is 3. The van der Waals surface area contributed by atoms with Crippen molar-refractivity contribution in [2.24, 2.45) is 17.2 Å². The molecule has 3 heterocycles. The third-order valence-electron chi connectivity index (χ3n) is 5.84. The summed E-state index contributed by atoms with van der Waals surface area (Å²) in [6, 6.07) is 9.45. The van der Waals surface area contributed by atoms with E-state index in [4.69, 9.17) is 22.2 Å². The van der Waals surface area contributed by atoms with Crippen LogP contribution in [0, 0.1) is 0 Å². The predicted octanol–water partition coefficient (Wildman–Crippen LogP) is 0.231. The maximum absolute atomic E-state index is 9.98. The van der Waals surface area contributed by atoms with Crippen LogP contribution in [0.4, 0.5) is 17.8 Å². The molecule has 1 aromatic carbocycles. The van der Waals surface area contributed by atoms with Crippen molar-refractivity contribution in [3.63, 3.8) is 0 Å². The van der Waals surface area contributed by atoms with E-state index in [0.717, 1.165) is 31.4 Å². The molecule has 32 heavy (non-hydrogen) atoms. The molecule has 8 N–H and O–H groups in total. The Hall–Kier alpha value is -2.24. The minimum absolute atomic E-state index is 0. The number of piperidine rings is 2. The zero-order valence-electron chi connectivity index (χ0n) is 18.2. The van der Waals surface area contributed by atoms with Crippen molar-refractivity contribution >= 4 is 30.3 Å². The number of aromatic nitrogens is 3. The van der Waals surface area contributed by atoms with Gasteiger partial charge in [-0.3, -0.25) is 0 Å². The Morgan fingerprint density at radius 1 is 0.938 bits per heavy atom. The molecule has 0 saturated carbocycles. The van der Waals surface area contributed by atoms with E-state index in [0.29, 0.717) is 37.5 Å². The normalized spacial score (nSPS) is 24.6. The highest BCUT2D eigenvalue weighted by atomic mass is 35.5. The highest BCUT2D eigenvalue weighted by Gasteiger charge is 2.27. The monoisotopic (exact) mass is 463 g/mol. The minimum Gasteiger partial charge on any atom is -0.394 e. The first kappa shape index (κ1) is 24.4. The van der Waals surface area contributed by atoms with Crippen molar-refractivity contribution in [1.82, 2.24) is 15.0 Å². The van der Waals surface area contributed by atoms with Gasteiger partial charge in [0.05, 0.1) is 12.6 Å². The van der Waals surface area contributed by atoms with Crippen molar-refractivity contribution in [3.8, 4) is 0 Å². The summed E-state index contributed by atoms with van der Waals surface area (Å²) in [6.45, 7) is 2.73. The molecule has 2 aromatic rings. The molecule has 0 amide bonds. The molecule has 2 fully saturated rings. The van der Waals surface area contributed by atoms with E-state index in [1.54, 1.807) is 0 Å². The van der Waals surface area contributed by atoms with Gasteiger partial charge in [0.1, 0.15) is 0 Å². The lowest BCUT2D eigenvalue weighted by Gasteiger charge is -2.36. The van der Waals surface area contributed by atoms with Gasteiger partial charge >= 0.3 is 0 Å². The van der Waals surface area contributed by atoms with Crippen LogP contribution in [0.25, 0.3) is 0 Å². The van der Waals surface area contributed by atoms with E-state index in [9.17, 15) is 5.11 Å². The summed E-state index contributed by atoms with van der Waals surface area (Å²) in [4.78, 5) is 18.2. The van der Waals surface area contributed by atoms with E-state index in [1.807, 2.05) is 35.2 Å². The van der Waals surface area contributed by atoms with Gasteiger partial charge in [0.15, 0.2) is 0 Å². The van der Waals surface area contributed by atoms with Crippen LogP contribution < -0.4 is 32.3 Å². The third-order valence-corrected chi connectivity index (χ3v) is 5.84. The molecule has 0 radical (unpaired) electrons. The van der Waals surface area contributed by atoms with Gasteiger partial charge in [-0.25, -0.2) is 0 Å². The molecule has 11 heteroatoms. The lowest BCUT2D eigenvalue weighted by Crippen LogP contribution is -2.53. The van der Waals surface area contributed by atoms with Gasteiger partial charge < -0.3 is 37.4 Å². The Bertz CT molecular complexity index is 848. The molecule has 0 spiro atoms. The Balaban J connectivity index is 0.00000289. The van der Waals surface area contributed by atoms with E-state index in [1.165, 1.54) is 0 Å². The van der Waals surface area contributed by atoms with E-state index < -0.39 is 0 Å². The fraction of sp³-hybridized carbons (Fsp3) is 0.571. The molecule has 4 atom stereocenters. The molecular formula is C21H34ClN9O. The number of nitrogens with two attached hydrogens (primary N) is 3. The quantitative estimate of drug-likeness (QED) is 0.401. The van der Waals surface area contributed by atoms with Crippen LogP contribution in [0.2, 0.25) is 0 Å². The summed E-state index contributed by atoms with van der Waals surface area (Å²) in [6.07, 6.45) is 2.77. The number of nitrogens with one attached hydrogen (secondary N) is 1. The smallest absolute Gasteiger partial charge is 0.232 e. The topological polar surface area (TPSA) is 155 Å². The second kappa shape index (κ2) is 11.1. The summed E-state index contributed by atoms with van der Waals surface area (Å²) in [5.74, 6) is 1.54. The van der Waals surface area contributed by atoms with Gasteiger partial charge in [-0.15, -0.1) is 12.4 Å². The Morgan fingerprint density at radius 3 is 2.19 bits per heavy atom. The third kappa shape index (κ3) is 5.96. The number of nitrogens with zero attached hydrogens (tertiary/aromatic N) is 5. The van der Waals surface area contributed by atoms with Crippen LogP contribution in [0.5, 0.6) is 0 Å².